The SMILES string of the molecule is Bc1c(B)c(B)c(C(B)(c2ccc(N(C)C)cc2)c2ccc(N(C)C)cc2)c(B)c1B. The monoisotopic (exact) mass is 402 g/mol. The number of anilines is 2. The summed E-state index contributed by atoms with van der Waals surface area (Å²) in [6.07, 6.45) is 0. The van der Waals surface area contributed by atoms with Gasteiger partial charge in [-0.2, -0.15) is 0 Å². The lowest BCUT2D eigenvalue weighted by Crippen LogP contribution is -2.59. The summed E-state index contributed by atoms with van der Waals surface area (Å²) in [5, 5.41) is -0.243. The van der Waals surface area contributed by atoms with E-state index in [4.69, 9.17) is 0 Å². The molecule has 3 aromatic rings. The molecule has 0 bridgehead atoms. The normalized spacial score (nSPS) is 11.4. The maximum Gasteiger partial charge on any atom is 0.138 e. The summed E-state index contributed by atoms with van der Waals surface area (Å²) < 4.78 is 0. The van der Waals surface area contributed by atoms with Crippen molar-refractivity contribution in [3.63, 3.8) is 0 Å². The first-order valence-electron chi connectivity index (χ1n) is 11.1. The maximum atomic E-state index is 2.39. The van der Waals surface area contributed by atoms with Gasteiger partial charge in [0.05, 0.1) is 0 Å². The summed E-state index contributed by atoms with van der Waals surface area (Å²) in [5.74, 6) is 0. The van der Waals surface area contributed by atoms with Gasteiger partial charge in [0.25, 0.3) is 0 Å². The Morgan fingerprint density at radius 3 is 1.10 bits per heavy atom. The van der Waals surface area contributed by atoms with Gasteiger partial charge in [0.1, 0.15) is 47.1 Å². The Kier molecular flexibility index (Phi) is 6.50. The van der Waals surface area contributed by atoms with Crippen molar-refractivity contribution in [1.82, 2.24) is 0 Å². The van der Waals surface area contributed by atoms with Crippen LogP contribution in [0.25, 0.3) is 0 Å². The van der Waals surface area contributed by atoms with Gasteiger partial charge in [0.2, 0.25) is 0 Å². The molecule has 3 aromatic carbocycles. The first-order chi connectivity index (χ1) is 14.5. The van der Waals surface area contributed by atoms with E-state index in [-0.39, 0.29) is 5.31 Å². The van der Waals surface area contributed by atoms with E-state index < -0.39 is 0 Å². The van der Waals surface area contributed by atoms with Gasteiger partial charge in [-0.15, -0.1) is 16.4 Å². The molecule has 0 N–H and O–H groups in total. The third-order valence-corrected chi connectivity index (χ3v) is 7.42. The Hall–Kier alpha value is -2.35. The Labute approximate surface area is 194 Å². The Morgan fingerprint density at radius 2 is 0.806 bits per heavy atom. The molecule has 0 fully saturated rings. The third kappa shape index (κ3) is 3.97. The molecule has 8 heteroatoms. The number of nitrogens with zero attached hydrogens (tertiary/aromatic N) is 2. The fraction of sp³-hybridized carbons (Fsp3) is 0.217. The summed E-state index contributed by atoms with van der Waals surface area (Å²) in [4.78, 5) is 4.31. The summed E-state index contributed by atoms with van der Waals surface area (Å²) in [6, 6.07) is 18.2. The minimum Gasteiger partial charge on any atom is -0.378 e. The second-order valence-electron chi connectivity index (χ2n) is 9.51. The van der Waals surface area contributed by atoms with Crippen molar-refractivity contribution in [2.45, 2.75) is 5.31 Å². The van der Waals surface area contributed by atoms with Gasteiger partial charge >= 0.3 is 0 Å². The summed E-state index contributed by atoms with van der Waals surface area (Å²) >= 11 is 0. The number of rotatable bonds is 5. The van der Waals surface area contributed by atoms with Gasteiger partial charge in [-0.1, -0.05) is 40.8 Å². The zero-order valence-electron chi connectivity index (χ0n) is 21.0. The van der Waals surface area contributed by atoms with Crippen LogP contribution < -0.4 is 37.1 Å². The summed E-state index contributed by atoms with van der Waals surface area (Å²) in [5.41, 5.74) is 13.5. The van der Waals surface area contributed by atoms with Gasteiger partial charge in [0.15, 0.2) is 0 Å². The lowest BCUT2D eigenvalue weighted by molar-refractivity contribution is 0.891. The second kappa shape index (κ2) is 8.65. The van der Waals surface area contributed by atoms with E-state index in [1.54, 1.807) is 0 Å². The molecule has 0 amide bonds. The molecule has 0 aliphatic heterocycles. The van der Waals surface area contributed by atoms with Crippen molar-refractivity contribution in [3.05, 3.63) is 65.2 Å². The molecule has 0 spiro atoms. The molecular formula is C23H32B6N2. The average Bonchev–Trinajstić information content (AvgIpc) is 2.76. The van der Waals surface area contributed by atoms with Crippen molar-refractivity contribution < 1.29 is 0 Å². The van der Waals surface area contributed by atoms with Crippen LogP contribution in [0.1, 0.15) is 16.7 Å². The van der Waals surface area contributed by atoms with Crippen LogP contribution in [-0.4, -0.2) is 75.3 Å². The minimum absolute atomic E-state index is 0.243. The number of benzene rings is 3. The topological polar surface area (TPSA) is 6.48 Å². The van der Waals surface area contributed by atoms with Crippen LogP contribution in [0.2, 0.25) is 0 Å². The molecule has 0 aliphatic rings. The second-order valence-corrected chi connectivity index (χ2v) is 9.51. The molecule has 0 radical (unpaired) electrons. The quantitative estimate of drug-likeness (QED) is 0.312. The average molecular weight is 401 g/mol. The minimum atomic E-state index is -0.243. The Balaban J connectivity index is 2.35. The van der Waals surface area contributed by atoms with E-state index >= 15 is 0 Å². The Morgan fingerprint density at radius 1 is 0.516 bits per heavy atom. The first-order valence-corrected chi connectivity index (χ1v) is 11.1. The molecule has 3 rings (SSSR count). The van der Waals surface area contributed by atoms with E-state index in [2.05, 4.69) is 134 Å². The smallest absolute Gasteiger partial charge is 0.138 e. The van der Waals surface area contributed by atoms with Crippen LogP contribution in [0, 0.1) is 0 Å². The van der Waals surface area contributed by atoms with E-state index in [0.717, 1.165) is 0 Å². The Bertz CT molecular complexity index is 1010. The molecule has 0 saturated heterocycles. The fourth-order valence-electron chi connectivity index (χ4n) is 4.89. The van der Waals surface area contributed by atoms with E-state index in [1.807, 2.05) is 0 Å². The third-order valence-electron chi connectivity index (χ3n) is 7.42. The van der Waals surface area contributed by atoms with Crippen LogP contribution in [0.3, 0.4) is 0 Å². The highest BCUT2D eigenvalue weighted by Gasteiger charge is 2.34. The fourth-order valence-corrected chi connectivity index (χ4v) is 4.89. The molecule has 0 aromatic heterocycles. The van der Waals surface area contributed by atoms with Gasteiger partial charge < -0.3 is 9.80 Å². The van der Waals surface area contributed by atoms with Gasteiger partial charge in [-0.3, -0.25) is 0 Å². The van der Waals surface area contributed by atoms with Crippen molar-refractivity contribution in [2.75, 3.05) is 38.0 Å². The number of hydrogen-bond donors (Lipinski definition) is 0. The predicted molar refractivity (Wildman–Crippen MR) is 157 cm³/mol. The molecule has 31 heavy (non-hydrogen) atoms. The van der Waals surface area contributed by atoms with Gasteiger partial charge in [-0.25, -0.2) is 0 Å². The van der Waals surface area contributed by atoms with Crippen LogP contribution in [-0.2, 0) is 5.31 Å². The van der Waals surface area contributed by atoms with Crippen molar-refractivity contribution in [2.24, 2.45) is 0 Å². The summed E-state index contributed by atoms with van der Waals surface area (Å²) in [7, 11) is 22.1. The standard InChI is InChI=1S/C23H32B6N2/c1-30(2)15-9-5-13(6-10-15)23(29,14-7-11-16(12-8-14)31(3)4)17-18(24)20(26)22(28)21(27)19(17)25/h5-12H,24-29H2,1-4H3. The zero-order chi connectivity index (χ0) is 23.1. The van der Waals surface area contributed by atoms with E-state index in [9.17, 15) is 0 Å². The van der Waals surface area contributed by atoms with E-state index in [1.165, 1.54) is 55.4 Å². The highest BCUT2D eigenvalue weighted by Crippen LogP contribution is 2.35. The molecule has 0 unspecified atom stereocenters. The molecule has 0 saturated carbocycles. The first kappa shape index (κ1) is 23.3. The highest BCUT2D eigenvalue weighted by atomic mass is 15.1. The molecular weight excluding hydrogens is 369 g/mol. The lowest BCUT2D eigenvalue weighted by atomic mass is 9.48. The van der Waals surface area contributed by atoms with Gasteiger partial charge in [-0.05, 0) is 35.4 Å². The van der Waals surface area contributed by atoms with Crippen molar-refractivity contribution in [1.29, 1.82) is 0 Å². The maximum absolute atomic E-state index is 2.39. The predicted octanol–water partition coefficient (Wildman–Crippen LogP) is -4.96. The number of hydrogen-bond acceptors (Lipinski definition) is 2. The zero-order valence-corrected chi connectivity index (χ0v) is 21.0. The van der Waals surface area contributed by atoms with E-state index in [0.29, 0.717) is 0 Å². The molecule has 0 heterocycles. The summed E-state index contributed by atoms with van der Waals surface area (Å²) in [6.45, 7) is 0. The van der Waals surface area contributed by atoms with Crippen LogP contribution in [0.4, 0.5) is 11.4 Å². The molecule has 2 nitrogen and oxygen atoms in total. The van der Waals surface area contributed by atoms with Crippen LogP contribution in [0.15, 0.2) is 48.5 Å². The largest absolute Gasteiger partial charge is 0.378 e. The molecule has 152 valence electrons. The van der Waals surface area contributed by atoms with Crippen molar-refractivity contribution in [3.8, 4) is 0 Å². The highest BCUT2D eigenvalue weighted by molar-refractivity contribution is 6.67. The van der Waals surface area contributed by atoms with Crippen LogP contribution in [0.5, 0.6) is 0 Å². The van der Waals surface area contributed by atoms with Crippen LogP contribution >= 0.6 is 0 Å². The van der Waals surface area contributed by atoms with Crippen molar-refractivity contribution >= 4 is 85.8 Å². The molecule has 0 aliphatic carbocycles. The molecule has 0 atom stereocenters. The van der Waals surface area contributed by atoms with Gasteiger partial charge in [0, 0.05) is 44.9 Å². The lowest BCUT2D eigenvalue weighted by Gasteiger charge is -2.38.